The van der Waals surface area contributed by atoms with Crippen LogP contribution in [-0.2, 0) is 14.3 Å². The topological polar surface area (TPSA) is 87.7 Å². The first-order chi connectivity index (χ1) is 14.0. The molecule has 29 heavy (non-hydrogen) atoms. The molecule has 1 atom stereocenters. The van der Waals surface area contributed by atoms with E-state index in [4.69, 9.17) is 4.74 Å². The van der Waals surface area contributed by atoms with Crippen LogP contribution in [0, 0.1) is 5.92 Å². The van der Waals surface area contributed by atoms with Gasteiger partial charge >= 0.3 is 12.0 Å². The van der Waals surface area contributed by atoms with Gasteiger partial charge in [0, 0.05) is 24.5 Å². The lowest BCUT2D eigenvalue weighted by atomic mass is 9.97. The van der Waals surface area contributed by atoms with Crippen molar-refractivity contribution in [2.75, 3.05) is 23.7 Å². The molecular formula is C22H25N3O4. The van der Waals surface area contributed by atoms with E-state index in [1.165, 1.54) is 0 Å². The van der Waals surface area contributed by atoms with Gasteiger partial charge in [-0.25, -0.2) is 4.79 Å². The van der Waals surface area contributed by atoms with E-state index < -0.39 is 12.1 Å². The maximum atomic E-state index is 12.4. The number of anilines is 2. The van der Waals surface area contributed by atoms with Gasteiger partial charge in [0.2, 0.25) is 0 Å². The van der Waals surface area contributed by atoms with Crippen LogP contribution in [0.1, 0.15) is 19.8 Å². The van der Waals surface area contributed by atoms with Crippen LogP contribution in [0.2, 0.25) is 0 Å². The highest BCUT2D eigenvalue weighted by molar-refractivity contribution is 5.95. The Hall–Kier alpha value is -3.35. The Kier molecular flexibility index (Phi) is 6.84. The van der Waals surface area contributed by atoms with Crippen LogP contribution in [0.5, 0.6) is 0 Å². The number of esters is 1. The number of carbonyl (C=O) groups is 3. The predicted molar refractivity (Wildman–Crippen MR) is 110 cm³/mol. The molecule has 1 aliphatic rings. The Morgan fingerprint density at radius 2 is 1.41 bits per heavy atom. The number of urea groups is 1. The average molecular weight is 395 g/mol. The summed E-state index contributed by atoms with van der Waals surface area (Å²) in [6.45, 7) is 2.48. The lowest BCUT2D eigenvalue weighted by Crippen LogP contribution is -2.43. The number of amides is 3. The van der Waals surface area contributed by atoms with Gasteiger partial charge in [-0.05, 0) is 44.0 Å². The fraction of sp³-hybridized carbons (Fsp3) is 0.318. The maximum absolute atomic E-state index is 12.4. The molecule has 1 heterocycles. The Morgan fingerprint density at radius 1 is 0.897 bits per heavy atom. The first kappa shape index (κ1) is 20.4. The monoisotopic (exact) mass is 395 g/mol. The van der Waals surface area contributed by atoms with Gasteiger partial charge in [0.1, 0.15) is 0 Å². The smallest absolute Gasteiger partial charge is 0.321 e. The molecule has 1 saturated heterocycles. The van der Waals surface area contributed by atoms with Crippen LogP contribution < -0.4 is 10.6 Å². The first-order valence-electron chi connectivity index (χ1n) is 9.70. The highest BCUT2D eigenvalue weighted by Crippen LogP contribution is 2.20. The third-order valence-electron chi connectivity index (χ3n) is 4.84. The molecule has 0 aromatic heterocycles. The van der Waals surface area contributed by atoms with Crippen LogP contribution in [0.4, 0.5) is 16.2 Å². The van der Waals surface area contributed by atoms with E-state index in [1.807, 2.05) is 48.5 Å². The molecule has 7 heteroatoms. The molecule has 3 amide bonds. The summed E-state index contributed by atoms with van der Waals surface area (Å²) in [6, 6.07) is 18.1. The Morgan fingerprint density at radius 3 is 1.97 bits per heavy atom. The summed E-state index contributed by atoms with van der Waals surface area (Å²) in [4.78, 5) is 38.6. The zero-order valence-electron chi connectivity index (χ0n) is 16.3. The fourth-order valence-electron chi connectivity index (χ4n) is 3.13. The number of carbonyl (C=O) groups excluding carboxylic acids is 3. The number of hydrogen-bond acceptors (Lipinski definition) is 4. The summed E-state index contributed by atoms with van der Waals surface area (Å²) in [5.41, 5.74) is 1.38. The molecule has 0 saturated carbocycles. The van der Waals surface area contributed by atoms with Crippen molar-refractivity contribution < 1.29 is 19.1 Å². The van der Waals surface area contributed by atoms with Crippen molar-refractivity contribution >= 4 is 29.3 Å². The van der Waals surface area contributed by atoms with E-state index >= 15 is 0 Å². The van der Waals surface area contributed by atoms with Gasteiger partial charge in [0.05, 0.1) is 5.92 Å². The average Bonchev–Trinajstić information content (AvgIpc) is 2.75. The molecule has 2 aromatic rings. The molecular weight excluding hydrogens is 370 g/mol. The highest BCUT2D eigenvalue weighted by Gasteiger charge is 2.30. The molecule has 2 N–H and O–H groups in total. The van der Waals surface area contributed by atoms with Gasteiger partial charge in [-0.3, -0.25) is 9.59 Å². The zero-order chi connectivity index (χ0) is 20.6. The molecule has 2 aromatic carbocycles. The minimum atomic E-state index is -0.887. The van der Waals surface area contributed by atoms with Crippen molar-refractivity contribution in [2.24, 2.45) is 5.92 Å². The SMILES string of the molecule is CC(OC(=O)C1CCN(C(=O)Nc2ccccc2)CC1)C(=O)Nc1ccccc1. The Bertz CT molecular complexity index is 834. The molecule has 0 aliphatic carbocycles. The van der Waals surface area contributed by atoms with Crippen LogP contribution >= 0.6 is 0 Å². The summed E-state index contributed by atoms with van der Waals surface area (Å²) in [6.07, 6.45) is 0.129. The van der Waals surface area contributed by atoms with Gasteiger partial charge in [-0.15, -0.1) is 0 Å². The Labute approximate surface area is 170 Å². The highest BCUT2D eigenvalue weighted by atomic mass is 16.5. The van der Waals surface area contributed by atoms with E-state index in [2.05, 4.69) is 10.6 Å². The molecule has 3 rings (SSSR count). The van der Waals surface area contributed by atoms with Crippen LogP contribution in [0.15, 0.2) is 60.7 Å². The third-order valence-corrected chi connectivity index (χ3v) is 4.84. The zero-order valence-corrected chi connectivity index (χ0v) is 16.3. The lowest BCUT2D eigenvalue weighted by Gasteiger charge is -2.31. The lowest BCUT2D eigenvalue weighted by molar-refractivity contribution is -0.158. The van der Waals surface area contributed by atoms with Crippen LogP contribution in [-0.4, -0.2) is 42.0 Å². The Balaban J connectivity index is 1.43. The number of para-hydroxylation sites is 2. The van der Waals surface area contributed by atoms with E-state index in [0.29, 0.717) is 31.6 Å². The quantitative estimate of drug-likeness (QED) is 0.759. The number of nitrogens with zero attached hydrogens (tertiary/aromatic N) is 1. The normalized spacial score (nSPS) is 15.3. The maximum Gasteiger partial charge on any atom is 0.321 e. The van der Waals surface area contributed by atoms with E-state index in [9.17, 15) is 14.4 Å². The minimum Gasteiger partial charge on any atom is -0.452 e. The van der Waals surface area contributed by atoms with Gasteiger partial charge < -0.3 is 20.3 Å². The second-order valence-corrected chi connectivity index (χ2v) is 6.99. The van der Waals surface area contributed by atoms with E-state index in [-0.39, 0.29) is 17.9 Å². The van der Waals surface area contributed by atoms with Gasteiger partial charge in [0.15, 0.2) is 6.10 Å². The van der Waals surface area contributed by atoms with Crippen molar-refractivity contribution in [1.82, 2.24) is 4.90 Å². The van der Waals surface area contributed by atoms with Crippen LogP contribution in [0.3, 0.4) is 0 Å². The molecule has 0 radical (unpaired) electrons. The second kappa shape index (κ2) is 9.73. The predicted octanol–water partition coefficient (Wildman–Crippen LogP) is 3.50. The molecule has 7 nitrogen and oxygen atoms in total. The van der Waals surface area contributed by atoms with Crippen molar-refractivity contribution in [3.63, 3.8) is 0 Å². The van der Waals surface area contributed by atoms with Gasteiger partial charge in [0.25, 0.3) is 5.91 Å². The first-order valence-corrected chi connectivity index (χ1v) is 9.70. The van der Waals surface area contributed by atoms with Crippen molar-refractivity contribution in [3.05, 3.63) is 60.7 Å². The number of ether oxygens (including phenoxy) is 1. The third kappa shape index (κ3) is 5.81. The van der Waals surface area contributed by atoms with Crippen LogP contribution in [0.25, 0.3) is 0 Å². The fourth-order valence-corrected chi connectivity index (χ4v) is 3.13. The molecule has 1 fully saturated rings. The minimum absolute atomic E-state index is 0.182. The largest absolute Gasteiger partial charge is 0.452 e. The van der Waals surface area contributed by atoms with Gasteiger partial charge in [-0.1, -0.05) is 36.4 Å². The van der Waals surface area contributed by atoms with Crippen molar-refractivity contribution in [2.45, 2.75) is 25.9 Å². The summed E-state index contributed by atoms with van der Waals surface area (Å²) < 4.78 is 5.35. The van der Waals surface area contributed by atoms with E-state index in [0.717, 1.165) is 5.69 Å². The van der Waals surface area contributed by atoms with Crippen molar-refractivity contribution in [3.8, 4) is 0 Å². The summed E-state index contributed by atoms with van der Waals surface area (Å²) in [5.74, 6) is -1.09. The molecule has 0 bridgehead atoms. The number of benzene rings is 2. The molecule has 1 aliphatic heterocycles. The van der Waals surface area contributed by atoms with Gasteiger partial charge in [-0.2, -0.15) is 0 Å². The van der Waals surface area contributed by atoms with Crippen molar-refractivity contribution in [1.29, 1.82) is 0 Å². The standard InChI is InChI=1S/C22H25N3O4/c1-16(20(26)23-18-8-4-2-5-9-18)29-21(27)17-12-14-25(15-13-17)22(28)24-19-10-6-3-7-11-19/h2-11,16-17H,12-15H2,1H3,(H,23,26)(H,24,28). The second-order valence-electron chi connectivity index (χ2n) is 6.99. The number of hydrogen-bond donors (Lipinski definition) is 2. The summed E-state index contributed by atoms with van der Waals surface area (Å²) in [5, 5.41) is 5.56. The number of piperidine rings is 1. The van der Waals surface area contributed by atoms with E-state index in [1.54, 1.807) is 24.0 Å². The molecule has 0 spiro atoms. The summed E-state index contributed by atoms with van der Waals surface area (Å²) >= 11 is 0. The number of rotatable bonds is 5. The molecule has 152 valence electrons. The summed E-state index contributed by atoms with van der Waals surface area (Å²) in [7, 11) is 0. The molecule has 1 unspecified atom stereocenters. The number of likely N-dealkylation sites (tertiary alicyclic amines) is 1. The number of nitrogens with one attached hydrogen (secondary N) is 2.